The van der Waals surface area contributed by atoms with Gasteiger partial charge >= 0.3 is 5.97 Å². The van der Waals surface area contributed by atoms with E-state index in [1.807, 2.05) is 0 Å². The summed E-state index contributed by atoms with van der Waals surface area (Å²) in [6.45, 7) is 0. The molecular formula is C16H13Cl2NO5. The fourth-order valence-electron chi connectivity index (χ4n) is 1.98. The van der Waals surface area contributed by atoms with E-state index >= 15 is 0 Å². The van der Waals surface area contributed by atoms with E-state index in [1.165, 1.54) is 32.4 Å². The summed E-state index contributed by atoms with van der Waals surface area (Å²) in [6.07, 6.45) is 0. The number of benzene rings is 2. The molecule has 0 heterocycles. The number of hydrogen-bond donors (Lipinski definition) is 2. The summed E-state index contributed by atoms with van der Waals surface area (Å²) < 4.78 is 10.2. The first-order valence-electron chi connectivity index (χ1n) is 6.63. The fraction of sp³-hybridized carbons (Fsp3) is 0.125. The lowest BCUT2D eigenvalue weighted by molar-refractivity contribution is 0.0696. The quantitative estimate of drug-likeness (QED) is 0.832. The van der Waals surface area contributed by atoms with Crippen LogP contribution in [0.15, 0.2) is 30.3 Å². The molecule has 0 bridgehead atoms. The molecule has 0 unspecified atom stereocenters. The summed E-state index contributed by atoms with van der Waals surface area (Å²) in [5.41, 5.74) is 0.262. The third-order valence-electron chi connectivity index (χ3n) is 3.18. The Hall–Kier alpha value is -2.44. The first kappa shape index (κ1) is 17.9. The molecule has 0 aliphatic rings. The average molecular weight is 370 g/mol. The average Bonchev–Trinajstić information content (AvgIpc) is 2.56. The van der Waals surface area contributed by atoms with Crippen LogP contribution in [0.4, 0.5) is 5.69 Å². The second-order valence-corrected chi connectivity index (χ2v) is 5.46. The van der Waals surface area contributed by atoms with Crippen molar-refractivity contribution < 1.29 is 24.2 Å². The van der Waals surface area contributed by atoms with Gasteiger partial charge < -0.3 is 19.9 Å². The zero-order valence-electron chi connectivity index (χ0n) is 12.7. The molecule has 126 valence electrons. The summed E-state index contributed by atoms with van der Waals surface area (Å²) in [4.78, 5) is 23.5. The van der Waals surface area contributed by atoms with Crippen LogP contribution >= 0.6 is 23.2 Å². The number of anilines is 1. The van der Waals surface area contributed by atoms with Crippen LogP contribution in [0.5, 0.6) is 11.5 Å². The number of amides is 1. The van der Waals surface area contributed by atoms with E-state index in [4.69, 9.17) is 37.8 Å². The molecule has 24 heavy (non-hydrogen) atoms. The largest absolute Gasteiger partial charge is 0.493 e. The molecule has 6 nitrogen and oxygen atoms in total. The number of carboxylic acids is 1. The Morgan fingerprint density at radius 1 is 1.00 bits per heavy atom. The number of aromatic carboxylic acids is 1. The van der Waals surface area contributed by atoms with E-state index in [2.05, 4.69) is 5.32 Å². The number of methoxy groups -OCH3 is 2. The van der Waals surface area contributed by atoms with E-state index in [-0.39, 0.29) is 26.9 Å². The predicted octanol–water partition coefficient (Wildman–Crippen LogP) is 3.96. The molecule has 1 amide bonds. The SMILES string of the molecule is COc1ccc(C(=O)Nc2cc(C(=O)O)c(Cl)cc2Cl)cc1OC. The number of rotatable bonds is 5. The monoisotopic (exact) mass is 369 g/mol. The second kappa shape index (κ2) is 7.42. The number of carboxylic acid groups (broad SMARTS) is 1. The van der Waals surface area contributed by atoms with E-state index in [0.29, 0.717) is 11.5 Å². The topological polar surface area (TPSA) is 84.9 Å². The molecule has 0 atom stereocenters. The summed E-state index contributed by atoms with van der Waals surface area (Å²) in [5, 5.41) is 11.7. The number of halogens is 2. The summed E-state index contributed by atoms with van der Waals surface area (Å²) in [7, 11) is 2.94. The van der Waals surface area contributed by atoms with Gasteiger partial charge in [0.1, 0.15) is 0 Å². The highest BCUT2D eigenvalue weighted by molar-refractivity contribution is 6.38. The highest BCUT2D eigenvalue weighted by atomic mass is 35.5. The summed E-state index contributed by atoms with van der Waals surface area (Å²) >= 11 is 11.8. The molecule has 0 fully saturated rings. The molecule has 0 spiro atoms. The predicted molar refractivity (Wildman–Crippen MR) is 90.9 cm³/mol. The fourth-order valence-corrected chi connectivity index (χ4v) is 2.49. The molecule has 8 heteroatoms. The minimum absolute atomic E-state index is 0.0170. The smallest absolute Gasteiger partial charge is 0.337 e. The Balaban J connectivity index is 2.33. The van der Waals surface area contributed by atoms with Gasteiger partial charge in [-0.1, -0.05) is 23.2 Å². The van der Waals surface area contributed by atoms with Crippen LogP contribution in [0.2, 0.25) is 10.0 Å². The van der Waals surface area contributed by atoms with Crippen LogP contribution in [0.25, 0.3) is 0 Å². The first-order chi connectivity index (χ1) is 11.4. The first-order valence-corrected chi connectivity index (χ1v) is 7.38. The van der Waals surface area contributed by atoms with Crippen molar-refractivity contribution in [1.29, 1.82) is 0 Å². The molecule has 2 aromatic rings. The van der Waals surface area contributed by atoms with Crippen LogP contribution in [0.1, 0.15) is 20.7 Å². The van der Waals surface area contributed by atoms with E-state index in [1.54, 1.807) is 12.1 Å². The maximum atomic E-state index is 12.4. The molecular weight excluding hydrogens is 357 g/mol. The normalized spacial score (nSPS) is 10.2. The zero-order valence-corrected chi connectivity index (χ0v) is 14.2. The van der Waals surface area contributed by atoms with Crippen molar-refractivity contribution in [3.05, 3.63) is 51.5 Å². The van der Waals surface area contributed by atoms with Crippen molar-refractivity contribution in [2.24, 2.45) is 0 Å². The lowest BCUT2D eigenvalue weighted by Gasteiger charge is -2.12. The highest BCUT2D eigenvalue weighted by Crippen LogP contribution is 2.31. The Morgan fingerprint density at radius 3 is 2.25 bits per heavy atom. The number of carbonyl (C=O) groups is 2. The van der Waals surface area contributed by atoms with E-state index < -0.39 is 11.9 Å². The zero-order chi connectivity index (χ0) is 17.9. The van der Waals surface area contributed by atoms with Crippen molar-refractivity contribution in [3.63, 3.8) is 0 Å². The maximum Gasteiger partial charge on any atom is 0.337 e. The molecule has 2 rings (SSSR count). The Kier molecular flexibility index (Phi) is 5.54. The summed E-state index contributed by atoms with van der Waals surface area (Å²) in [6, 6.07) is 7.08. The molecule has 2 aromatic carbocycles. The van der Waals surface area contributed by atoms with Gasteiger partial charge in [-0.15, -0.1) is 0 Å². The molecule has 0 saturated carbocycles. The van der Waals surface area contributed by atoms with Gasteiger partial charge in [0.15, 0.2) is 11.5 Å². The third kappa shape index (κ3) is 3.72. The highest BCUT2D eigenvalue weighted by Gasteiger charge is 2.16. The molecule has 2 N–H and O–H groups in total. The van der Waals surface area contributed by atoms with Gasteiger partial charge in [0.25, 0.3) is 5.91 Å². The van der Waals surface area contributed by atoms with Crippen molar-refractivity contribution in [1.82, 2.24) is 0 Å². The van der Waals surface area contributed by atoms with Crippen molar-refractivity contribution >= 4 is 40.8 Å². The third-order valence-corrected chi connectivity index (χ3v) is 3.81. The number of carbonyl (C=O) groups excluding carboxylic acids is 1. The van der Waals surface area contributed by atoms with Gasteiger partial charge in [-0.25, -0.2) is 4.79 Å². The van der Waals surface area contributed by atoms with E-state index in [0.717, 1.165) is 0 Å². The van der Waals surface area contributed by atoms with Gasteiger partial charge in [0, 0.05) is 5.56 Å². The molecule has 0 aliphatic heterocycles. The van der Waals surface area contributed by atoms with Gasteiger partial charge in [0.05, 0.1) is 35.5 Å². The van der Waals surface area contributed by atoms with Crippen molar-refractivity contribution in [2.75, 3.05) is 19.5 Å². The minimum Gasteiger partial charge on any atom is -0.493 e. The van der Waals surface area contributed by atoms with Gasteiger partial charge in [-0.2, -0.15) is 0 Å². The van der Waals surface area contributed by atoms with Gasteiger partial charge in [0.2, 0.25) is 0 Å². The molecule has 0 saturated heterocycles. The molecule has 0 radical (unpaired) electrons. The van der Waals surface area contributed by atoms with Crippen molar-refractivity contribution in [3.8, 4) is 11.5 Å². The van der Waals surface area contributed by atoms with Crippen LogP contribution in [-0.4, -0.2) is 31.2 Å². The molecule has 0 aromatic heterocycles. The molecule has 0 aliphatic carbocycles. The second-order valence-electron chi connectivity index (χ2n) is 4.64. The minimum atomic E-state index is -1.22. The lowest BCUT2D eigenvalue weighted by Crippen LogP contribution is -2.13. The van der Waals surface area contributed by atoms with E-state index in [9.17, 15) is 9.59 Å². The van der Waals surface area contributed by atoms with Crippen LogP contribution in [0.3, 0.4) is 0 Å². The number of nitrogens with one attached hydrogen (secondary N) is 1. The van der Waals surface area contributed by atoms with Crippen molar-refractivity contribution in [2.45, 2.75) is 0 Å². The lowest BCUT2D eigenvalue weighted by atomic mass is 10.1. The Bertz CT molecular complexity index is 807. The Labute approximate surface area is 147 Å². The van der Waals surface area contributed by atoms with Crippen LogP contribution in [0, 0.1) is 0 Å². The number of hydrogen-bond acceptors (Lipinski definition) is 4. The Morgan fingerprint density at radius 2 is 1.67 bits per heavy atom. The summed E-state index contributed by atoms with van der Waals surface area (Å²) in [5.74, 6) is -0.847. The van der Waals surface area contributed by atoms with Crippen LogP contribution in [-0.2, 0) is 0 Å². The maximum absolute atomic E-state index is 12.4. The van der Waals surface area contributed by atoms with Gasteiger partial charge in [-0.3, -0.25) is 4.79 Å². The number of ether oxygens (including phenoxy) is 2. The van der Waals surface area contributed by atoms with Gasteiger partial charge in [-0.05, 0) is 30.3 Å². The standard InChI is InChI=1S/C16H13Cl2NO5/c1-23-13-4-3-8(5-14(13)24-2)15(20)19-12-6-9(16(21)22)10(17)7-11(12)18/h3-7H,1-2H3,(H,19,20)(H,21,22). The van der Waals surface area contributed by atoms with Crippen LogP contribution < -0.4 is 14.8 Å².